The molecule has 0 unspecified atom stereocenters. The lowest BCUT2D eigenvalue weighted by Gasteiger charge is -2.41. The van der Waals surface area contributed by atoms with Crippen LogP contribution in [0.5, 0.6) is 11.5 Å². The fourth-order valence-corrected chi connectivity index (χ4v) is 6.28. The van der Waals surface area contributed by atoms with Crippen molar-refractivity contribution >= 4 is 24.5 Å². The molecule has 4 aliphatic heterocycles. The highest BCUT2D eigenvalue weighted by atomic mass is 19.2. The monoisotopic (exact) mass is 834 g/mol. The van der Waals surface area contributed by atoms with E-state index in [1.807, 2.05) is 6.07 Å². The number of benzene rings is 4. The first-order valence-corrected chi connectivity index (χ1v) is 17.8. The number of phenols is 1. The second kappa shape index (κ2) is 19.1. The molecule has 312 valence electrons. The number of carbonyl (C=O) groups is 2. The highest BCUT2D eigenvalue weighted by molar-refractivity contribution is 5.80. The Morgan fingerprint density at radius 2 is 1.08 bits per heavy atom. The zero-order valence-electron chi connectivity index (χ0n) is 30.6. The molecule has 2 fully saturated rings. The molecule has 2 saturated heterocycles. The molecule has 0 aliphatic carbocycles. The molecule has 19 heteroatoms. The summed E-state index contributed by atoms with van der Waals surface area (Å²) in [6.45, 7) is 0.917. The van der Waals surface area contributed by atoms with Gasteiger partial charge in [-0.3, -0.25) is 0 Å². The molecule has 2 N–H and O–H groups in total. The SMILES string of the molecule is C.N#Cc1ccc(F)c(O)c1.N#Cc1ccc(F)c(OC2CN(C(=O)N3N=CC[C@H]3c3cc(F)cc(F)c3)C2)c1.O=C(N1CC(O)C1)N1N=CC[C@H]1c1cc(F)cc(F)c1. The minimum absolute atomic E-state index is 0. The normalized spacial score (nSPS) is 17.8. The number of hydrogen-bond acceptors (Lipinski definition) is 9. The number of phenolic OH excluding ortho intramolecular Hbond substituents is 1. The molecule has 0 saturated carbocycles. The first-order valence-electron chi connectivity index (χ1n) is 17.8. The molecule has 2 atom stereocenters. The zero-order valence-corrected chi connectivity index (χ0v) is 30.6. The smallest absolute Gasteiger partial charge is 0.341 e. The van der Waals surface area contributed by atoms with Gasteiger partial charge in [-0.05, 0) is 59.7 Å². The average Bonchev–Trinajstić information content (AvgIpc) is 3.87. The van der Waals surface area contributed by atoms with Crippen molar-refractivity contribution < 1.29 is 50.9 Å². The maximum Gasteiger partial charge on any atom is 0.341 e. The molecule has 8 rings (SSSR count). The molecule has 13 nitrogen and oxygen atoms in total. The summed E-state index contributed by atoms with van der Waals surface area (Å²) in [4.78, 5) is 27.8. The van der Waals surface area contributed by atoms with Gasteiger partial charge in [0, 0.05) is 49.5 Å². The Morgan fingerprint density at radius 1 is 0.650 bits per heavy atom. The first kappa shape index (κ1) is 44.0. The van der Waals surface area contributed by atoms with Crippen LogP contribution >= 0.6 is 0 Å². The Morgan fingerprint density at radius 3 is 1.52 bits per heavy atom. The van der Waals surface area contributed by atoms with E-state index < -0.39 is 71.0 Å². The standard InChI is InChI=1S/C20H15F3N4O2.C13H13F2N3O2.C7H4FNO.CH4/c21-14-6-13(7-15(22)8-14)18-3-4-25-27(18)20(28)26-10-16(11-26)29-19-5-12(9-24)1-2-17(19)23;14-9-3-8(4-10(15)5-9)12-1-2-16-18(12)13(20)17-6-11(19)7-17;8-6-2-1-5(4-9)3-7(6)10;/h1-2,4-8,16,18H,3,10-11H2;2-5,11-12,19H,1,6-7H2;1-3,10H;1H4/t18-;12-;;/m00../s1. The van der Waals surface area contributed by atoms with Gasteiger partial charge in [-0.1, -0.05) is 7.43 Å². The quantitative estimate of drug-likeness (QED) is 0.206. The Bertz CT molecular complexity index is 2340. The number of aliphatic hydroxyl groups excluding tert-OH is 1. The van der Waals surface area contributed by atoms with Crippen molar-refractivity contribution in [2.24, 2.45) is 10.2 Å². The number of urea groups is 2. The molecule has 60 heavy (non-hydrogen) atoms. The molecule has 0 spiro atoms. The van der Waals surface area contributed by atoms with E-state index >= 15 is 0 Å². The summed E-state index contributed by atoms with van der Waals surface area (Å²) in [7, 11) is 0. The molecule has 0 aromatic heterocycles. The van der Waals surface area contributed by atoms with Crippen LogP contribution in [0.15, 0.2) is 83.0 Å². The molecule has 0 bridgehead atoms. The number of rotatable bonds is 4. The van der Waals surface area contributed by atoms with Crippen molar-refractivity contribution in [2.45, 2.75) is 44.6 Å². The minimum atomic E-state index is -0.724. The highest BCUT2D eigenvalue weighted by Crippen LogP contribution is 2.33. The van der Waals surface area contributed by atoms with Crippen LogP contribution in [-0.2, 0) is 0 Å². The number of likely N-dealkylation sites (tertiary alicyclic amines) is 2. The van der Waals surface area contributed by atoms with Crippen molar-refractivity contribution in [3.63, 3.8) is 0 Å². The number of nitriles is 2. The topological polar surface area (TPSA) is 169 Å². The molecule has 4 heterocycles. The van der Waals surface area contributed by atoms with Crippen LogP contribution in [0.3, 0.4) is 0 Å². The van der Waals surface area contributed by atoms with Crippen LogP contribution in [0.4, 0.5) is 35.9 Å². The van der Waals surface area contributed by atoms with E-state index in [9.17, 15) is 41.0 Å². The van der Waals surface area contributed by atoms with E-state index in [-0.39, 0.29) is 56.5 Å². The lowest BCUT2D eigenvalue weighted by atomic mass is 10.0. The van der Waals surface area contributed by atoms with E-state index in [0.717, 1.165) is 30.3 Å². The Hall–Kier alpha value is -7.12. The van der Waals surface area contributed by atoms with Gasteiger partial charge in [-0.2, -0.15) is 20.7 Å². The number of β-amino-alcohol motifs (C(OH)–C–C–N with tert-alkyl or cyclic N) is 1. The summed E-state index contributed by atoms with van der Waals surface area (Å²) >= 11 is 0. The van der Waals surface area contributed by atoms with Gasteiger partial charge in [0.15, 0.2) is 23.1 Å². The second-order valence-electron chi connectivity index (χ2n) is 13.5. The highest BCUT2D eigenvalue weighted by Gasteiger charge is 2.40. The lowest BCUT2D eigenvalue weighted by Crippen LogP contribution is -2.58. The summed E-state index contributed by atoms with van der Waals surface area (Å²) in [6.07, 6.45) is 2.87. The fourth-order valence-electron chi connectivity index (χ4n) is 6.28. The average molecular weight is 835 g/mol. The predicted octanol–water partition coefficient (Wildman–Crippen LogP) is 7.12. The van der Waals surface area contributed by atoms with Gasteiger partial charge in [0.05, 0.1) is 67.6 Å². The third-order valence-electron chi connectivity index (χ3n) is 9.27. The van der Waals surface area contributed by atoms with Gasteiger partial charge in [-0.15, -0.1) is 0 Å². The molecular weight excluding hydrogens is 798 g/mol. The number of ether oxygens (including phenoxy) is 1. The summed E-state index contributed by atoms with van der Waals surface area (Å²) < 4.78 is 85.2. The number of nitrogens with zero attached hydrogens (tertiary/aromatic N) is 8. The molecule has 4 aliphatic rings. The van der Waals surface area contributed by atoms with E-state index in [4.69, 9.17) is 20.4 Å². The van der Waals surface area contributed by atoms with Crippen molar-refractivity contribution in [1.29, 1.82) is 10.5 Å². The van der Waals surface area contributed by atoms with Gasteiger partial charge in [0.2, 0.25) is 0 Å². The molecule has 4 amide bonds. The van der Waals surface area contributed by atoms with Crippen molar-refractivity contribution in [3.05, 3.63) is 130 Å². The van der Waals surface area contributed by atoms with Crippen LogP contribution in [-0.4, -0.2) is 92.9 Å². The van der Waals surface area contributed by atoms with Gasteiger partial charge in [-0.25, -0.2) is 45.9 Å². The van der Waals surface area contributed by atoms with E-state index in [1.54, 1.807) is 12.3 Å². The van der Waals surface area contributed by atoms with E-state index in [0.29, 0.717) is 24.0 Å². The van der Waals surface area contributed by atoms with Gasteiger partial charge in [0.25, 0.3) is 0 Å². The lowest BCUT2D eigenvalue weighted by molar-refractivity contribution is 0.0124. The summed E-state index contributed by atoms with van der Waals surface area (Å²) in [5, 5.41) is 45.5. The van der Waals surface area contributed by atoms with Crippen LogP contribution in [0, 0.1) is 57.6 Å². The number of hydrazone groups is 2. The summed E-state index contributed by atoms with van der Waals surface area (Å²) in [5.74, 6) is -4.65. The summed E-state index contributed by atoms with van der Waals surface area (Å²) in [6, 6.07) is 15.3. The maximum atomic E-state index is 13.8. The summed E-state index contributed by atoms with van der Waals surface area (Å²) in [5.41, 5.74) is 1.20. The number of hydrogen-bond donors (Lipinski definition) is 2. The van der Waals surface area contributed by atoms with Gasteiger partial charge in [0.1, 0.15) is 29.4 Å². The van der Waals surface area contributed by atoms with Gasteiger partial charge >= 0.3 is 12.1 Å². The van der Waals surface area contributed by atoms with E-state index in [2.05, 4.69) is 10.2 Å². The fraction of sp³-hybridized carbons (Fsp3) is 0.268. The second-order valence-corrected chi connectivity index (χ2v) is 13.5. The van der Waals surface area contributed by atoms with Crippen LogP contribution in [0.1, 0.15) is 54.6 Å². The maximum absolute atomic E-state index is 13.8. The number of aliphatic hydroxyl groups is 1. The largest absolute Gasteiger partial charge is 0.505 e. The third-order valence-corrected chi connectivity index (χ3v) is 9.27. The predicted molar refractivity (Wildman–Crippen MR) is 203 cm³/mol. The minimum Gasteiger partial charge on any atom is -0.505 e. The molecule has 4 aromatic rings. The Balaban J connectivity index is 0.000000190. The van der Waals surface area contributed by atoms with Crippen LogP contribution in [0.25, 0.3) is 0 Å². The first-order chi connectivity index (χ1) is 28.2. The molecule has 0 radical (unpaired) electrons. The third kappa shape index (κ3) is 10.3. The Kier molecular flexibility index (Phi) is 14.0. The van der Waals surface area contributed by atoms with Crippen LogP contribution in [0.2, 0.25) is 0 Å². The number of halogens is 6. The van der Waals surface area contributed by atoms with Crippen molar-refractivity contribution in [3.8, 4) is 23.6 Å². The van der Waals surface area contributed by atoms with Crippen molar-refractivity contribution in [2.75, 3.05) is 26.2 Å². The number of aromatic hydroxyl groups is 1. The van der Waals surface area contributed by atoms with Gasteiger partial charge < -0.3 is 24.7 Å². The zero-order chi connectivity index (χ0) is 42.4. The number of amides is 4. The molecular formula is C41H36F6N8O5. The Labute approximate surface area is 339 Å². The number of carbonyl (C=O) groups excluding carboxylic acids is 2. The van der Waals surface area contributed by atoms with Crippen LogP contribution < -0.4 is 4.74 Å². The molecule has 4 aromatic carbocycles. The van der Waals surface area contributed by atoms with E-state index in [1.165, 1.54) is 68.5 Å². The van der Waals surface area contributed by atoms with Crippen molar-refractivity contribution in [1.82, 2.24) is 19.8 Å².